The Bertz CT molecular complexity index is 673. The van der Waals surface area contributed by atoms with Gasteiger partial charge < -0.3 is 4.74 Å². The van der Waals surface area contributed by atoms with Gasteiger partial charge in [0.05, 0.1) is 0 Å². The van der Waals surface area contributed by atoms with Gasteiger partial charge >= 0.3 is 0 Å². The average Bonchev–Trinajstić information content (AvgIpc) is 2.49. The molecule has 3 aromatic carbocycles. The lowest BCUT2D eigenvalue weighted by atomic mass is 9.98. The molecule has 0 saturated heterocycles. The van der Waals surface area contributed by atoms with E-state index in [0.29, 0.717) is 0 Å². The van der Waals surface area contributed by atoms with Crippen molar-refractivity contribution in [3.8, 4) is 0 Å². The molecule has 1 heteroatoms. The van der Waals surface area contributed by atoms with Crippen molar-refractivity contribution >= 4 is 10.8 Å². The maximum atomic E-state index is 5.67. The van der Waals surface area contributed by atoms with Crippen molar-refractivity contribution in [1.29, 1.82) is 0 Å². The predicted molar refractivity (Wildman–Crippen MR) is 79.2 cm³/mol. The zero-order valence-electron chi connectivity index (χ0n) is 10.9. The van der Waals surface area contributed by atoms with Crippen molar-refractivity contribution in [1.82, 2.24) is 0 Å². The summed E-state index contributed by atoms with van der Waals surface area (Å²) in [5.74, 6) is 0. The van der Waals surface area contributed by atoms with Gasteiger partial charge in [0.1, 0.15) is 6.10 Å². The van der Waals surface area contributed by atoms with Gasteiger partial charge in [0.25, 0.3) is 0 Å². The van der Waals surface area contributed by atoms with Crippen LogP contribution in [0.3, 0.4) is 0 Å². The van der Waals surface area contributed by atoms with Crippen molar-refractivity contribution in [3.63, 3.8) is 0 Å². The molecule has 0 aliphatic heterocycles. The molecule has 0 amide bonds. The van der Waals surface area contributed by atoms with Gasteiger partial charge in [-0.2, -0.15) is 0 Å². The van der Waals surface area contributed by atoms with Crippen LogP contribution in [0.2, 0.25) is 0 Å². The van der Waals surface area contributed by atoms with Gasteiger partial charge in [-0.25, -0.2) is 0 Å². The van der Waals surface area contributed by atoms with Crippen LogP contribution in [0.25, 0.3) is 10.8 Å². The molecular weight excluding hydrogens is 232 g/mol. The van der Waals surface area contributed by atoms with Gasteiger partial charge in [-0.05, 0) is 28.0 Å². The van der Waals surface area contributed by atoms with Gasteiger partial charge in [-0.3, -0.25) is 0 Å². The summed E-state index contributed by atoms with van der Waals surface area (Å²) >= 11 is 0. The van der Waals surface area contributed by atoms with Gasteiger partial charge in [0.15, 0.2) is 0 Å². The van der Waals surface area contributed by atoms with Crippen LogP contribution in [0.1, 0.15) is 17.2 Å². The summed E-state index contributed by atoms with van der Waals surface area (Å²) in [6, 6.07) is 25.2. The third-order valence-electron chi connectivity index (χ3n) is 3.41. The minimum absolute atomic E-state index is 0.00851. The van der Waals surface area contributed by atoms with Gasteiger partial charge in [-0.15, -0.1) is 0 Å². The lowest BCUT2D eigenvalue weighted by Gasteiger charge is -2.16. The fraction of sp³-hybridized carbons (Fsp3) is 0.111. The molecule has 3 rings (SSSR count). The number of hydrogen-bond acceptors (Lipinski definition) is 1. The predicted octanol–water partition coefficient (Wildman–Crippen LogP) is 4.58. The van der Waals surface area contributed by atoms with Crippen molar-refractivity contribution in [2.75, 3.05) is 7.11 Å². The number of fused-ring (bicyclic) bond motifs is 1. The number of methoxy groups -OCH3 is 1. The molecule has 0 aliphatic rings. The maximum Gasteiger partial charge on any atom is 0.107 e. The van der Waals surface area contributed by atoms with Gasteiger partial charge in [-0.1, -0.05) is 66.7 Å². The summed E-state index contributed by atoms with van der Waals surface area (Å²) in [4.78, 5) is 0. The first kappa shape index (κ1) is 11.9. The molecule has 0 bridgehead atoms. The van der Waals surface area contributed by atoms with Crippen LogP contribution in [-0.2, 0) is 4.74 Å². The third-order valence-corrected chi connectivity index (χ3v) is 3.41. The first-order chi connectivity index (χ1) is 9.38. The molecule has 19 heavy (non-hydrogen) atoms. The van der Waals surface area contributed by atoms with E-state index in [4.69, 9.17) is 4.74 Å². The van der Waals surface area contributed by atoms with E-state index < -0.39 is 0 Å². The first-order valence-corrected chi connectivity index (χ1v) is 6.45. The molecule has 0 radical (unpaired) electrons. The zero-order valence-corrected chi connectivity index (χ0v) is 10.9. The van der Waals surface area contributed by atoms with Crippen molar-refractivity contribution < 1.29 is 4.74 Å². The fourth-order valence-electron chi connectivity index (χ4n) is 2.46. The Kier molecular flexibility index (Phi) is 3.30. The van der Waals surface area contributed by atoms with E-state index in [1.54, 1.807) is 7.11 Å². The van der Waals surface area contributed by atoms with Crippen LogP contribution < -0.4 is 0 Å². The summed E-state index contributed by atoms with van der Waals surface area (Å²) in [7, 11) is 1.76. The van der Waals surface area contributed by atoms with E-state index in [-0.39, 0.29) is 6.10 Å². The quantitative estimate of drug-likeness (QED) is 0.659. The molecule has 0 heterocycles. The Labute approximate surface area is 113 Å². The topological polar surface area (TPSA) is 9.23 Å². The third kappa shape index (κ3) is 2.38. The summed E-state index contributed by atoms with van der Waals surface area (Å²) in [5, 5.41) is 2.51. The highest BCUT2D eigenvalue weighted by Gasteiger charge is 2.12. The van der Waals surface area contributed by atoms with Crippen LogP contribution >= 0.6 is 0 Å². The zero-order chi connectivity index (χ0) is 13.1. The molecule has 0 spiro atoms. The summed E-state index contributed by atoms with van der Waals surface area (Å²) < 4.78 is 5.67. The summed E-state index contributed by atoms with van der Waals surface area (Å²) in [5.41, 5.74) is 2.37. The van der Waals surface area contributed by atoms with E-state index in [1.165, 1.54) is 21.9 Å². The number of ether oxygens (including phenoxy) is 1. The number of rotatable bonds is 3. The Hall–Kier alpha value is -2.12. The Balaban J connectivity index is 2.06. The minimum Gasteiger partial charge on any atom is -0.372 e. The molecule has 94 valence electrons. The average molecular weight is 248 g/mol. The SMILES string of the molecule is COC(c1ccccc1)c1ccc2ccccc2c1. The van der Waals surface area contributed by atoms with Crippen molar-refractivity contribution in [2.45, 2.75) is 6.10 Å². The van der Waals surface area contributed by atoms with E-state index in [1.807, 2.05) is 18.2 Å². The highest BCUT2D eigenvalue weighted by atomic mass is 16.5. The molecule has 0 aliphatic carbocycles. The van der Waals surface area contributed by atoms with Crippen LogP contribution in [0.5, 0.6) is 0 Å². The Morgan fingerprint density at radius 1 is 0.684 bits per heavy atom. The molecule has 0 fully saturated rings. The first-order valence-electron chi connectivity index (χ1n) is 6.45. The Morgan fingerprint density at radius 2 is 1.37 bits per heavy atom. The standard InChI is InChI=1S/C18H16O/c1-19-18(15-8-3-2-4-9-15)17-12-11-14-7-5-6-10-16(14)13-17/h2-13,18H,1H3. The van der Waals surface area contributed by atoms with Crippen LogP contribution in [-0.4, -0.2) is 7.11 Å². The summed E-state index contributed by atoms with van der Waals surface area (Å²) in [6.45, 7) is 0. The van der Waals surface area contributed by atoms with Crippen LogP contribution in [0.4, 0.5) is 0 Å². The molecular formula is C18H16O. The van der Waals surface area contributed by atoms with E-state index in [2.05, 4.69) is 54.6 Å². The molecule has 1 nitrogen and oxygen atoms in total. The van der Waals surface area contributed by atoms with Crippen molar-refractivity contribution in [2.24, 2.45) is 0 Å². The van der Waals surface area contributed by atoms with Crippen LogP contribution in [0, 0.1) is 0 Å². The van der Waals surface area contributed by atoms with E-state index >= 15 is 0 Å². The lowest BCUT2D eigenvalue weighted by Crippen LogP contribution is -2.03. The van der Waals surface area contributed by atoms with Crippen molar-refractivity contribution in [3.05, 3.63) is 83.9 Å². The Morgan fingerprint density at radius 3 is 2.11 bits per heavy atom. The molecule has 0 N–H and O–H groups in total. The molecule has 1 atom stereocenters. The van der Waals surface area contributed by atoms with E-state index in [0.717, 1.165) is 0 Å². The minimum atomic E-state index is -0.00851. The second-order valence-corrected chi connectivity index (χ2v) is 4.63. The van der Waals surface area contributed by atoms with Gasteiger partial charge in [0.2, 0.25) is 0 Å². The molecule has 0 saturated carbocycles. The summed E-state index contributed by atoms with van der Waals surface area (Å²) in [6.07, 6.45) is -0.00851. The lowest BCUT2D eigenvalue weighted by molar-refractivity contribution is 0.136. The molecule has 0 aromatic heterocycles. The van der Waals surface area contributed by atoms with Crippen LogP contribution in [0.15, 0.2) is 72.8 Å². The number of benzene rings is 3. The largest absolute Gasteiger partial charge is 0.372 e. The molecule has 3 aromatic rings. The highest BCUT2D eigenvalue weighted by Crippen LogP contribution is 2.27. The second-order valence-electron chi connectivity index (χ2n) is 4.63. The highest BCUT2D eigenvalue weighted by molar-refractivity contribution is 5.83. The normalized spacial score (nSPS) is 12.5. The smallest absolute Gasteiger partial charge is 0.107 e. The number of hydrogen-bond donors (Lipinski definition) is 0. The van der Waals surface area contributed by atoms with E-state index in [9.17, 15) is 0 Å². The second kappa shape index (κ2) is 5.25. The van der Waals surface area contributed by atoms with Gasteiger partial charge in [0, 0.05) is 7.11 Å². The fourth-order valence-corrected chi connectivity index (χ4v) is 2.46. The monoisotopic (exact) mass is 248 g/mol. The maximum absolute atomic E-state index is 5.67. The molecule has 1 unspecified atom stereocenters.